The average molecular weight is 419 g/mol. The second kappa shape index (κ2) is 9.90. The summed E-state index contributed by atoms with van der Waals surface area (Å²) in [5.74, 6) is 0.220. The van der Waals surface area contributed by atoms with Gasteiger partial charge in [0.25, 0.3) is 0 Å². The molecule has 3 aromatic rings. The Morgan fingerprint density at radius 1 is 1.06 bits per heavy atom. The maximum atomic E-state index is 10.2. The molecule has 1 aliphatic rings. The highest BCUT2D eigenvalue weighted by atomic mass is 16.5. The minimum Gasteiger partial charge on any atom is -0.507 e. The number of hydrogen-bond donors (Lipinski definition) is 2. The van der Waals surface area contributed by atoms with Gasteiger partial charge in [-0.25, -0.2) is 0 Å². The zero-order chi connectivity index (χ0) is 21.5. The summed E-state index contributed by atoms with van der Waals surface area (Å²) in [6, 6.07) is 20.1. The van der Waals surface area contributed by atoms with Crippen LogP contribution in [0.3, 0.4) is 0 Å². The average Bonchev–Trinajstić information content (AvgIpc) is 2.83. The van der Waals surface area contributed by atoms with Crippen LogP contribution in [0.25, 0.3) is 11.3 Å². The number of methoxy groups -OCH3 is 1. The number of nitrogens with zero attached hydrogens (tertiary/aromatic N) is 3. The monoisotopic (exact) mass is 418 g/mol. The lowest BCUT2D eigenvalue weighted by molar-refractivity contribution is 0.194. The van der Waals surface area contributed by atoms with Crippen LogP contribution in [0, 0.1) is 0 Å². The van der Waals surface area contributed by atoms with Gasteiger partial charge in [-0.1, -0.05) is 42.5 Å². The minimum absolute atomic E-state index is 0.104. The normalized spacial score (nSPS) is 15.7. The van der Waals surface area contributed by atoms with Gasteiger partial charge >= 0.3 is 0 Å². The number of ether oxygens (including phenoxy) is 1. The Bertz CT molecular complexity index is 972. The van der Waals surface area contributed by atoms with Crippen molar-refractivity contribution in [1.29, 1.82) is 0 Å². The van der Waals surface area contributed by atoms with Gasteiger partial charge in [-0.15, -0.1) is 0 Å². The van der Waals surface area contributed by atoms with E-state index >= 15 is 0 Å². The molecule has 0 unspecified atom stereocenters. The SMILES string of the molecule is COCCNCC1(c2ccccc2)CCN(c2cnnc(-c3ccccc3O)c2)CC1. The predicted octanol–water partition coefficient (Wildman–Crippen LogP) is 3.62. The van der Waals surface area contributed by atoms with Crippen LogP contribution in [0.5, 0.6) is 5.75 Å². The molecule has 6 nitrogen and oxygen atoms in total. The van der Waals surface area contributed by atoms with E-state index in [1.807, 2.05) is 30.5 Å². The number of phenols is 1. The Balaban J connectivity index is 1.51. The summed E-state index contributed by atoms with van der Waals surface area (Å²) < 4.78 is 5.20. The molecule has 2 aromatic carbocycles. The number of hydrogen-bond acceptors (Lipinski definition) is 6. The number of para-hydroxylation sites is 1. The number of anilines is 1. The van der Waals surface area contributed by atoms with Gasteiger partial charge in [0, 0.05) is 44.3 Å². The molecule has 0 radical (unpaired) electrons. The zero-order valence-electron chi connectivity index (χ0n) is 18.0. The highest BCUT2D eigenvalue weighted by molar-refractivity contribution is 5.69. The molecule has 0 spiro atoms. The van der Waals surface area contributed by atoms with Gasteiger partial charge in [0.1, 0.15) is 5.75 Å². The smallest absolute Gasteiger partial charge is 0.125 e. The van der Waals surface area contributed by atoms with E-state index < -0.39 is 0 Å². The van der Waals surface area contributed by atoms with Crippen LogP contribution < -0.4 is 10.2 Å². The van der Waals surface area contributed by atoms with E-state index in [1.165, 1.54) is 5.56 Å². The largest absolute Gasteiger partial charge is 0.507 e. The number of benzene rings is 2. The molecular formula is C25H30N4O2. The van der Waals surface area contributed by atoms with E-state index in [-0.39, 0.29) is 11.2 Å². The fourth-order valence-corrected chi connectivity index (χ4v) is 4.41. The fraction of sp³-hybridized carbons (Fsp3) is 0.360. The van der Waals surface area contributed by atoms with E-state index in [4.69, 9.17) is 4.74 Å². The molecule has 1 fully saturated rings. The van der Waals surface area contributed by atoms with E-state index in [9.17, 15) is 5.11 Å². The van der Waals surface area contributed by atoms with Crippen molar-refractivity contribution in [2.24, 2.45) is 0 Å². The Morgan fingerprint density at radius 2 is 1.81 bits per heavy atom. The van der Waals surface area contributed by atoms with Gasteiger partial charge < -0.3 is 20.1 Å². The van der Waals surface area contributed by atoms with Crippen molar-refractivity contribution in [2.45, 2.75) is 18.3 Å². The Hall–Kier alpha value is -2.96. The first-order valence-corrected chi connectivity index (χ1v) is 10.8. The summed E-state index contributed by atoms with van der Waals surface area (Å²) in [5, 5.41) is 22.2. The summed E-state index contributed by atoms with van der Waals surface area (Å²) in [6.45, 7) is 4.38. The van der Waals surface area contributed by atoms with Crippen LogP contribution in [0.15, 0.2) is 66.9 Å². The van der Waals surface area contributed by atoms with Crippen molar-refractivity contribution in [3.63, 3.8) is 0 Å². The van der Waals surface area contributed by atoms with Crippen molar-refractivity contribution < 1.29 is 9.84 Å². The highest BCUT2D eigenvalue weighted by Crippen LogP contribution is 2.37. The minimum atomic E-state index is 0.104. The zero-order valence-corrected chi connectivity index (χ0v) is 18.0. The Labute approximate surface area is 183 Å². The van der Waals surface area contributed by atoms with Gasteiger partial charge in [0.05, 0.1) is 24.2 Å². The number of rotatable bonds is 8. The van der Waals surface area contributed by atoms with Crippen LogP contribution in [-0.4, -0.2) is 55.2 Å². The third-order valence-corrected chi connectivity index (χ3v) is 6.24. The van der Waals surface area contributed by atoms with E-state index in [0.717, 1.165) is 51.3 Å². The first-order chi connectivity index (χ1) is 15.2. The molecule has 6 heteroatoms. The number of nitrogens with one attached hydrogen (secondary N) is 1. The molecule has 4 rings (SSSR count). The predicted molar refractivity (Wildman–Crippen MR) is 123 cm³/mol. The van der Waals surface area contributed by atoms with Crippen LogP contribution in [-0.2, 0) is 10.2 Å². The van der Waals surface area contributed by atoms with Gasteiger partial charge in [-0.05, 0) is 36.6 Å². The third-order valence-electron chi connectivity index (χ3n) is 6.24. The quantitative estimate of drug-likeness (QED) is 0.545. The maximum absolute atomic E-state index is 10.2. The maximum Gasteiger partial charge on any atom is 0.125 e. The van der Waals surface area contributed by atoms with E-state index in [0.29, 0.717) is 11.3 Å². The number of phenolic OH excluding ortho intramolecular Hbond substituents is 1. The van der Waals surface area contributed by atoms with Crippen LogP contribution in [0.2, 0.25) is 0 Å². The molecule has 1 aromatic heterocycles. The lowest BCUT2D eigenvalue weighted by Crippen LogP contribution is -2.48. The molecule has 0 bridgehead atoms. The molecule has 0 atom stereocenters. The van der Waals surface area contributed by atoms with Crippen molar-refractivity contribution in [3.8, 4) is 17.0 Å². The van der Waals surface area contributed by atoms with Gasteiger partial charge in [-0.3, -0.25) is 0 Å². The summed E-state index contributed by atoms with van der Waals surface area (Å²) in [4.78, 5) is 2.37. The summed E-state index contributed by atoms with van der Waals surface area (Å²) in [5.41, 5.74) is 3.93. The molecule has 0 saturated carbocycles. The van der Waals surface area contributed by atoms with Crippen LogP contribution >= 0.6 is 0 Å². The van der Waals surface area contributed by atoms with Crippen LogP contribution in [0.1, 0.15) is 18.4 Å². The molecule has 162 valence electrons. The molecule has 1 saturated heterocycles. The van der Waals surface area contributed by atoms with Gasteiger partial charge in [0.2, 0.25) is 0 Å². The molecule has 2 N–H and O–H groups in total. The Kier molecular flexibility index (Phi) is 6.79. The molecule has 31 heavy (non-hydrogen) atoms. The van der Waals surface area contributed by atoms with Crippen molar-refractivity contribution in [3.05, 3.63) is 72.4 Å². The summed E-state index contributed by atoms with van der Waals surface area (Å²) >= 11 is 0. The first kappa shape index (κ1) is 21.3. The van der Waals surface area contributed by atoms with Crippen molar-refractivity contribution >= 4 is 5.69 Å². The molecule has 1 aliphatic heterocycles. The third kappa shape index (κ3) is 4.86. The second-order valence-electron chi connectivity index (χ2n) is 8.12. The van der Waals surface area contributed by atoms with Crippen LogP contribution in [0.4, 0.5) is 5.69 Å². The van der Waals surface area contributed by atoms with Crippen molar-refractivity contribution in [1.82, 2.24) is 15.5 Å². The number of aromatic nitrogens is 2. The highest BCUT2D eigenvalue weighted by Gasteiger charge is 2.36. The second-order valence-corrected chi connectivity index (χ2v) is 8.12. The van der Waals surface area contributed by atoms with Gasteiger partial charge in [0.15, 0.2) is 0 Å². The van der Waals surface area contributed by atoms with Crippen molar-refractivity contribution in [2.75, 3.05) is 44.8 Å². The lowest BCUT2D eigenvalue weighted by atomic mass is 9.72. The molecule has 0 amide bonds. The standard InChI is InChI=1S/C25H30N4O2/c1-31-16-13-26-19-25(20-7-3-2-4-8-20)11-14-29(15-12-25)21-17-23(28-27-18-21)22-9-5-6-10-24(22)30/h2-10,17-18,26,30H,11-16,19H2,1H3. The van der Waals surface area contributed by atoms with E-state index in [2.05, 4.69) is 50.7 Å². The number of piperidine rings is 1. The first-order valence-electron chi connectivity index (χ1n) is 10.8. The van der Waals surface area contributed by atoms with Gasteiger partial charge in [-0.2, -0.15) is 10.2 Å². The summed E-state index contributed by atoms with van der Waals surface area (Å²) in [7, 11) is 1.74. The molecule has 2 heterocycles. The summed E-state index contributed by atoms with van der Waals surface area (Å²) in [6.07, 6.45) is 3.91. The molecular weight excluding hydrogens is 388 g/mol. The molecule has 0 aliphatic carbocycles. The lowest BCUT2D eigenvalue weighted by Gasteiger charge is -2.43. The van der Waals surface area contributed by atoms with E-state index in [1.54, 1.807) is 13.2 Å². The topological polar surface area (TPSA) is 70.5 Å². The fourth-order valence-electron chi connectivity index (χ4n) is 4.41. The number of aromatic hydroxyl groups is 1. The Morgan fingerprint density at radius 3 is 2.55 bits per heavy atom.